The van der Waals surface area contributed by atoms with E-state index >= 15 is 0 Å². The van der Waals surface area contributed by atoms with Crippen LogP contribution in [0.25, 0.3) is 16.6 Å². The molecular formula is C19H20N4O2S. The van der Waals surface area contributed by atoms with Gasteiger partial charge < -0.3 is 15.2 Å². The number of amides is 1. The third-order valence-corrected chi connectivity index (χ3v) is 4.30. The highest BCUT2D eigenvalue weighted by atomic mass is 32.1. The van der Waals surface area contributed by atoms with Gasteiger partial charge in [0.1, 0.15) is 0 Å². The third kappa shape index (κ3) is 3.74. The molecule has 0 atom stereocenters. The predicted octanol–water partition coefficient (Wildman–Crippen LogP) is 2.34. The third-order valence-electron chi connectivity index (χ3n) is 4.02. The number of aromatic amines is 1. The van der Waals surface area contributed by atoms with Crippen LogP contribution in [0.3, 0.4) is 0 Å². The standard InChI is InChI=1S/C19H20N4O2S/c1-22(2)11-10-20-17(24)13-8-9-15-16(12-13)21-19(26)23(18(15)25)14-6-4-3-5-7-14/h3-9,12H,10-11H2,1-2H3,(H,20,24)(H,21,26). The number of hydrogen-bond acceptors (Lipinski definition) is 4. The van der Waals surface area contributed by atoms with E-state index in [1.165, 1.54) is 4.57 Å². The molecule has 0 aliphatic heterocycles. The van der Waals surface area contributed by atoms with Gasteiger partial charge >= 0.3 is 0 Å². The SMILES string of the molecule is CN(C)CCNC(=O)c1ccc2c(=O)n(-c3ccccc3)c(=S)[nH]c2c1. The molecule has 1 amide bonds. The van der Waals surface area contributed by atoms with Crippen molar-refractivity contribution in [1.82, 2.24) is 19.8 Å². The van der Waals surface area contributed by atoms with E-state index in [2.05, 4.69) is 10.3 Å². The Bertz CT molecular complexity index is 1050. The van der Waals surface area contributed by atoms with E-state index in [9.17, 15) is 9.59 Å². The first kappa shape index (κ1) is 18.0. The van der Waals surface area contributed by atoms with Gasteiger partial charge in [-0.1, -0.05) is 18.2 Å². The normalized spacial score (nSPS) is 11.0. The lowest BCUT2D eigenvalue weighted by Gasteiger charge is -2.11. The van der Waals surface area contributed by atoms with Crippen molar-refractivity contribution in [2.24, 2.45) is 0 Å². The van der Waals surface area contributed by atoms with E-state index < -0.39 is 0 Å². The summed E-state index contributed by atoms with van der Waals surface area (Å²) in [6.45, 7) is 1.30. The van der Waals surface area contributed by atoms with E-state index in [1.54, 1.807) is 18.2 Å². The number of H-pyrrole nitrogens is 1. The first-order valence-electron chi connectivity index (χ1n) is 8.25. The van der Waals surface area contributed by atoms with Gasteiger partial charge in [0.05, 0.1) is 16.6 Å². The average molecular weight is 368 g/mol. The summed E-state index contributed by atoms with van der Waals surface area (Å²) in [5.74, 6) is -0.180. The molecule has 0 aliphatic rings. The highest BCUT2D eigenvalue weighted by Crippen LogP contribution is 2.13. The van der Waals surface area contributed by atoms with Crippen molar-refractivity contribution in [1.29, 1.82) is 0 Å². The van der Waals surface area contributed by atoms with Gasteiger partial charge in [0.2, 0.25) is 0 Å². The van der Waals surface area contributed by atoms with Crippen LogP contribution >= 0.6 is 12.2 Å². The first-order chi connectivity index (χ1) is 12.5. The van der Waals surface area contributed by atoms with Crippen molar-refractivity contribution in [2.75, 3.05) is 27.2 Å². The summed E-state index contributed by atoms with van der Waals surface area (Å²) in [7, 11) is 3.89. The number of aromatic nitrogens is 2. The highest BCUT2D eigenvalue weighted by Gasteiger charge is 2.11. The molecule has 0 saturated heterocycles. The second-order valence-corrected chi connectivity index (χ2v) is 6.61. The quantitative estimate of drug-likeness (QED) is 0.678. The molecule has 26 heavy (non-hydrogen) atoms. The Kier molecular flexibility index (Phi) is 5.29. The smallest absolute Gasteiger partial charge is 0.266 e. The van der Waals surface area contributed by atoms with Crippen LogP contribution in [0.2, 0.25) is 0 Å². The number of benzene rings is 2. The summed E-state index contributed by atoms with van der Waals surface area (Å²) in [6.07, 6.45) is 0. The molecule has 0 bridgehead atoms. The number of hydrogen-bond donors (Lipinski definition) is 2. The van der Waals surface area contributed by atoms with Crippen LogP contribution in [-0.4, -0.2) is 47.5 Å². The summed E-state index contributed by atoms with van der Waals surface area (Å²) >= 11 is 5.36. The fourth-order valence-electron chi connectivity index (χ4n) is 2.67. The van der Waals surface area contributed by atoms with Crippen LogP contribution in [0.4, 0.5) is 0 Å². The Hall–Kier alpha value is -2.77. The van der Waals surface area contributed by atoms with E-state index in [-0.39, 0.29) is 11.5 Å². The van der Waals surface area contributed by atoms with Gasteiger partial charge in [-0.3, -0.25) is 14.2 Å². The minimum atomic E-state index is -0.213. The topological polar surface area (TPSA) is 70.1 Å². The molecule has 0 unspecified atom stereocenters. The van der Waals surface area contributed by atoms with Gasteiger partial charge in [-0.25, -0.2) is 0 Å². The summed E-state index contributed by atoms with van der Waals surface area (Å²) in [4.78, 5) is 30.2. The number of rotatable bonds is 5. The largest absolute Gasteiger partial charge is 0.351 e. The van der Waals surface area contributed by atoms with E-state index in [0.717, 1.165) is 6.54 Å². The van der Waals surface area contributed by atoms with Crippen molar-refractivity contribution < 1.29 is 4.79 Å². The Balaban J connectivity index is 1.98. The van der Waals surface area contributed by atoms with Gasteiger partial charge in [0, 0.05) is 18.7 Å². The Morgan fingerprint density at radius 2 is 1.92 bits per heavy atom. The molecule has 0 spiro atoms. The highest BCUT2D eigenvalue weighted by molar-refractivity contribution is 7.71. The molecule has 1 heterocycles. The molecular weight excluding hydrogens is 348 g/mol. The summed E-state index contributed by atoms with van der Waals surface area (Å²) < 4.78 is 1.74. The molecule has 1 aromatic heterocycles. The number of fused-ring (bicyclic) bond motifs is 1. The fraction of sp³-hybridized carbons (Fsp3) is 0.211. The Morgan fingerprint density at radius 1 is 1.19 bits per heavy atom. The number of nitrogens with zero attached hydrogens (tertiary/aromatic N) is 2. The van der Waals surface area contributed by atoms with Gasteiger partial charge in [-0.2, -0.15) is 0 Å². The van der Waals surface area contributed by atoms with Crippen LogP contribution in [0, 0.1) is 4.77 Å². The maximum absolute atomic E-state index is 12.8. The minimum Gasteiger partial charge on any atom is -0.351 e. The van der Waals surface area contributed by atoms with Crippen molar-refractivity contribution >= 4 is 29.0 Å². The Morgan fingerprint density at radius 3 is 2.62 bits per heavy atom. The molecule has 2 aromatic carbocycles. The second kappa shape index (κ2) is 7.63. The number of para-hydroxylation sites is 1. The maximum Gasteiger partial charge on any atom is 0.266 e. The molecule has 0 saturated carbocycles. The number of carbonyl (C=O) groups excluding carboxylic acids is 1. The van der Waals surface area contributed by atoms with Crippen LogP contribution in [0.15, 0.2) is 53.3 Å². The zero-order valence-electron chi connectivity index (χ0n) is 14.7. The maximum atomic E-state index is 12.8. The monoisotopic (exact) mass is 368 g/mol. The molecule has 0 radical (unpaired) electrons. The molecule has 134 valence electrons. The average Bonchev–Trinajstić information content (AvgIpc) is 2.61. The van der Waals surface area contributed by atoms with Crippen molar-refractivity contribution in [3.8, 4) is 5.69 Å². The zero-order valence-corrected chi connectivity index (χ0v) is 15.5. The van der Waals surface area contributed by atoms with Gasteiger partial charge in [0.15, 0.2) is 4.77 Å². The predicted molar refractivity (Wildman–Crippen MR) is 106 cm³/mol. The number of nitrogens with one attached hydrogen (secondary N) is 2. The van der Waals surface area contributed by atoms with Crippen molar-refractivity contribution in [3.63, 3.8) is 0 Å². The van der Waals surface area contributed by atoms with Crippen LogP contribution in [0.5, 0.6) is 0 Å². The first-order valence-corrected chi connectivity index (χ1v) is 8.65. The van der Waals surface area contributed by atoms with Gasteiger partial charge in [-0.05, 0) is 56.6 Å². The van der Waals surface area contributed by atoms with E-state index in [4.69, 9.17) is 12.2 Å². The summed E-state index contributed by atoms with van der Waals surface area (Å²) in [5.41, 5.74) is 1.52. The van der Waals surface area contributed by atoms with Crippen LogP contribution < -0.4 is 10.9 Å². The molecule has 2 N–H and O–H groups in total. The summed E-state index contributed by atoms with van der Waals surface area (Å²) in [6, 6.07) is 14.2. The molecule has 3 aromatic rings. The number of carbonyl (C=O) groups is 1. The number of likely N-dealkylation sites (N-methyl/N-ethyl adjacent to an activating group) is 1. The van der Waals surface area contributed by atoms with Gasteiger partial charge in [-0.15, -0.1) is 0 Å². The molecule has 7 heteroatoms. The molecule has 6 nitrogen and oxygen atoms in total. The second-order valence-electron chi connectivity index (χ2n) is 6.23. The van der Waals surface area contributed by atoms with Crippen molar-refractivity contribution in [3.05, 3.63) is 69.2 Å². The zero-order chi connectivity index (χ0) is 18.7. The lowest BCUT2D eigenvalue weighted by molar-refractivity contribution is 0.0951. The Labute approximate surface area is 156 Å². The van der Waals surface area contributed by atoms with Crippen LogP contribution in [0.1, 0.15) is 10.4 Å². The molecule has 0 fully saturated rings. The molecule has 0 aliphatic carbocycles. The van der Waals surface area contributed by atoms with Crippen molar-refractivity contribution in [2.45, 2.75) is 0 Å². The lowest BCUT2D eigenvalue weighted by Crippen LogP contribution is -2.31. The lowest BCUT2D eigenvalue weighted by atomic mass is 10.1. The van der Waals surface area contributed by atoms with E-state index in [0.29, 0.717) is 33.5 Å². The minimum absolute atomic E-state index is 0.180. The van der Waals surface area contributed by atoms with E-state index in [1.807, 2.05) is 49.3 Å². The molecule has 3 rings (SSSR count). The van der Waals surface area contributed by atoms with Crippen LogP contribution in [-0.2, 0) is 0 Å². The summed E-state index contributed by atoms with van der Waals surface area (Å²) in [5, 5.41) is 3.34. The fourth-order valence-corrected chi connectivity index (χ4v) is 2.96. The van der Waals surface area contributed by atoms with Gasteiger partial charge in [0.25, 0.3) is 11.5 Å².